The number of amides is 2. The largest absolute Gasteiger partial charge is 0.478 e. The van der Waals surface area contributed by atoms with Gasteiger partial charge in [0.25, 0.3) is 11.8 Å². The Balaban J connectivity index is 1.82. The van der Waals surface area contributed by atoms with Gasteiger partial charge in [0.1, 0.15) is 0 Å². The molecular weight excluding hydrogens is 436 g/mol. The highest BCUT2D eigenvalue weighted by Crippen LogP contribution is 2.10. The third-order valence-electron chi connectivity index (χ3n) is 4.52. The van der Waals surface area contributed by atoms with Gasteiger partial charge in [-0.3, -0.25) is 9.59 Å². The van der Waals surface area contributed by atoms with Crippen LogP contribution in [0, 0.1) is 0 Å². The van der Waals surface area contributed by atoms with Gasteiger partial charge in [-0.2, -0.15) is 0 Å². The Hall–Kier alpha value is -3.80. The number of carboxylic acid groups (broad SMARTS) is 2. The molecule has 33 heavy (non-hydrogen) atoms. The van der Waals surface area contributed by atoms with Crippen molar-refractivity contribution >= 4 is 23.8 Å². The number of hydrogen-bond acceptors (Lipinski definition) is 7. The normalized spacial score (nSPS) is 12.4. The van der Waals surface area contributed by atoms with Crippen molar-refractivity contribution in [2.75, 3.05) is 26.3 Å². The smallest absolute Gasteiger partial charge is 0.336 e. The van der Waals surface area contributed by atoms with E-state index in [1.54, 1.807) is 0 Å². The van der Waals surface area contributed by atoms with Crippen LogP contribution in [0.2, 0.25) is 0 Å². The predicted octanol–water partition coefficient (Wildman–Crippen LogP) is -0.0188. The number of carbonyl (C=O) groups is 4. The Morgan fingerprint density at radius 2 is 1.18 bits per heavy atom. The molecule has 0 aliphatic heterocycles. The Kier molecular flexibility index (Phi) is 9.48. The topological polar surface area (TPSA) is 182 Å². The van der Waals surface area contributed by atoms with Gasteiger partial charge < -0.3 is 35.8 Å². The van der Waals surface area contributed by atoms with Crippen LogP contribution >= 0.6 is 0 Å². The van der Waals surface area contributed by atoms with Gasteiger partial charge in [0.15, 0.2) is 0 Å². The molecule has 0 saturated heterocycles. The predicted molar refractivity (Wildman–Crippen MR) is 114 cm³/mol. The van der Waals surface area contributed by atoms with Gasteiger partial charge in [-0.25, -0.2) is 9.59 Å². The van der Waals surface area contributed by atoms with Gasteiger partial charge in [-0.05, 0) is 24.3 Å². The third-order valence-corrected chi connectivity index (χ3v) is 4.52. The highest BCUT2D eigenvalue weighted by molar-refractivity contribution is 6.05. The number of aromatic carboxylic acids is 2. The van der Waals surface area contributed by atoms with Crippen LogP contribution in [0.15, 0.2) is 48.5 Å². The lowest BCUT2D eigenvalue weighted by Crippen LogP contribution is -2.40. The molecule has 2 rings (SSSR count). The minimum atomic E-state index is -1.26. The standard InChI is InChI=1S/C22H24N2O9/c25-11-14(10-24-20(28)16-6-2-4-8-18(16)22(31)32)33-12-13(26)9-23-19(27)15-5-1-3-7-17(15)21(29)30/h1-8,13-14,25-26H,9-12H2,(H,23,27)(H,24,28)(H,29,30)(H,31,32). The molecule has 2 aromatic rings. The van der Waals surface area contributed by atoms with Gasteiger partial charge in [0.2, 0.25) is 0 Å². The average molecular weight is 460 g/mol. The molecule has 6 N–H and O–H groups in total. The first-order chi connectivity index (χ1) is 15.7. The summed E-state index contributed by atoms with van der Waals surface area (Å²) in [5.74, 6) is -3.87. The molecule has 176 valence electrons. The van der Waals surface area contributed by atoms with Crippen LogP contribution in [0.1, 0.15) is 41.4 Å². The highest BCUT2D eigenvalue weighted by Gasteiger charge is 2.19. The van der Waals surface area contributed by atoms with Gasteiger partial charge >= 0.3 is 11.9 Å². The van der Waals surface area contributed by atoms with E-state index in [4.69, 9.17) is 14.9 Å². The van der Waals surface area contributed by atoms with E-state index in [1.807, 2.05) is 0 Å². The summed E-state index contributed by atoms with van der Waals surface area (Å²) >= 11 is 0. The number of ether oxygens (including phenoxy) is 1. The monoisotopic (exact) mass is 460 g/mol. The molecule has 0 spiro atoms. The molecule has 2 atom stereocenters. The van der Waals surface area contributed by atoms with Crippen molar-refractivity contribution in [3.05, 3.63) is 70.8 Å². The van der Waals surface area contributed by atoms with Crippen LogP contribution in [-0.2, 0) is 4.74 Å². The summed E-state index contributed by atoms with van der Waals surface area (Å²) in [6.07, 6.45) is -2.08. The SMILES string of the molecule is O=C(O)c1ccccc1C(=O)NCC(O)COC(CO)CNC(=O)c1ccccc1C(=O)O. The Morgan fingerprint density at radius 1 is 0.758 bits per heavy atom. The summed E-state index contributed by atoms with van der Waals surface area (Å²) < 4.78 is 5.34. The number of rotatable bonds is 12. The number of nitrogens with one attached hydrogen (secondary N) is 2. The van der Waals surface area contributed by atoms with Crippen molar-refractivity contribution < 1.29 is 44.3 Å². The van der Waals surface area contributed by atoms with Crippen molar-refractivity contribution in [2.45, 2.75) is 12.2 Å². The van der Waals surface area contributed by atoms with Gasteiger partial charge in [-0.15, -0.1) is 0 Å². The maximum Gasteiger partial charge on any atom is 0.336 e. The van der Waals surface area contributed by atoms with Crippen LogP contribution < -0.4 is 10.6 Å². The number of aliphatic hydroxyl groups excluding tert-OH is 2. The third kappa shape index (κ3) is 7.38. The molecule has 0 aliphatic carbocycles. The quantitative estimate of drug-likeness (QED) is 0.253. The van der Waals surface area contributed by atoms with E-state index in [2.05, 4.69) is 10.6 Å². The molecule has 0 saturated carbocycles. The lowest BCUT2D eigenvalue weighted by Gasteiger charge is -2.19. The summed E-state index contributed by atoms with van der Waals surface area (Å²) in [6.45, 7) is -1.20. The molecule has 0 heterocycles. The van der Waals surface area contributed by atoms with Crippen molar-refractivity contribution in [1.29, 1.82) is 0 Å². The van der Waals surface area contributed by atoms with Crippen LogP contribution in [0.25, 0.3) is 0 Å². The van der Waals surface area contributed by atoms with E-state index in [0.717, 1.165) is 0 Å². The van der Waals surface area contributed by atoms with Crippen molar-refractivity contribution in [3.63, 3.8) is 0 Å². The molecular formula is C22H24N2O9. The van der Waals surface area contributed by atoms with Gasteiger partial charge in [0, 0.05) is 13.1 Å². The molecule has 0 aliphatic rings. The van der Waals surface area contributed by atoms with Crippen LogP contribution in [-0.4, -0.2) is 82.7 Å². The maximum absolute atomic E-state index is 12.3. The number of hydrogen-bond donors (Lipinski definition) is 6. The molecule has 11 heteroatoms. The summed E-state index contributed by atoms with van der Waals surface area (Å²) in [7, 11) is 0. The number of benzene rings is 2. The zero-order valence-electron chi connectivity index (χ0n) is 17.4. The lowest BCUT2D eigenvalue weighted by atomic mass is 10.1. The van der Waals surface area contributed by atoms with Gasteiger partial charge in [0.05, 0.1) is 47.7 Å². The Bertz CT molecular complexity index is 1010. The van der Waals surface area contributed by atoms with E-state index in [-0.39, 0.29) is 42.0 Å². The van der Waals surface area contributed by atoms with E-state index < -0.39 is 42.6 Å². The number of carbonyl (C=O) groups excluding carboxylic acids is 2. The molecule has 2 aromatic carbocycles. The fraction of sp³-hybridized carbons (Fsp3) is 0.273. The van der Waals surface area contributed by atoms with E-state index in [1.165, 1.54) is 48.5 Å². The zero-order valence-corrected chi connectivity index (χ0v) is 17.4. The first kappa shape index (κ1) is 25.5. The molecule has 2 amide bonds. The summed E-state index contributed by atoms with van der Waals surface area (Å²) in [6, 6.07) is 11.3. The first-order valence-electron chi connectivity index (χ1n) is 9.86. The van der Waals surface area contributed by atoms with Gasteiger partial charge in [-0.1, -0.05) is 24.3 Å². The lowest BCUT2D eigenvalue weighted by molar-refractivity contribution is -0.0290. The highest BCUT2D eigenvalue weighted by atomic mass is 16.5. The minimum absolute atomic E-state index is 0.0499. The zero-order chi connectivity index (χ0) is 24.4. The van der Waals surface area contributed by atoms with Crippen LogP contribution in [0.5, 0.6) is 0 Å². The first-order valence-corrected chi connectivity index (χ1v) is 9.86. The maximum atomic E-state index is 12.3. The van der Waals surface area contributed by atoms with Crippen LogP contribution in [0.4, 0.5) is 0 Å². The average Bonchev–Trinajstić information content (AvgIpc) is 2.82. The summed E-state index contributed by atoms with van der Waals surface area (Å²) in [5.41, 5.74) is -0.463. The molecule has 0 bridgehead atoms. The number of aliphatic hydroxyl groups is 2. The molecule has 11 nitrogen and oxygen atoms in total. The van der Waals surface area contributed by atoms with Crippen molar-refractivity contribution in [2.24, 2.45) is 0 Å². The second-order valence-corrected chi connectivity index (χ2v) is 6.91. The second kappa shape index (κ2) is 12.3. The Morgan fingerprint density at radius 3 is 1.61 bits per heavy atom. The molecule has 0 aromatic heterocycles. The van der Waals surface area contributed by atoms with E-state index >= 15 is 0 Å². The minimum Gasteiger partial charge on any atom is -0.478 e. The number of carboxylic acids is 2. The molecule has 2 unspecified atom stereocenters. The molecule has 0 radical (unpaired) electrons. The molecule has 0 fully saturated rings. The summed E-state index contributed by atoms with van der Waals surface area (Å²) in [4.78, 5) is 46.9. The Labute approximate surface area is 188 Å². The second-order valence-electron chi connectivity index (χ2n) is 6.91. The van der Waals surface area contributed by atoms with E-state index in [9.17, 15) is 29.4 Å². The fourth-order valence-electron chi connectivity index (χ4n) is 2.82. The van der Waals surface area contributed by atoms with Crippen molar-refractivity contribution in [1.82, 2.24) is 10.6 Å². The summed E-state index contributed by atoms with van der Waals surface area (Å²) in [5, 5.41) is 42.6. The van der Waals surface area contributed by atoms with Crippen molar-refractivity contribution in [3.8, 4) is 0 Å². The fourth-order valence-corrected chi connectivity index (χ4v) is 2.82. The van der Waals surface area contributed by atoms with Crippen LogP contribution in [0.3, 0.4) is 0 Å². The van der Waals surface area contributed by atoms with E-state index in [0.29, 0.717) is 0 Å².